The van der Waals surface area contributed by atoms with E-state index >= 15 is 0 Å². The van der Waals surface area contributed by atoms with Crippen LogP contribution in [-0.2, 0) is 4.79 Å². The molecule has 1 aliphatic heterocycles. The Morgan fingerprint density at radius 3 is 2.17 bits per heavy atom. The van der Waals surface area contributed by atoms with Crippen LogP contribution in [0.4, 0.5) is 0 Å². The molecule has 23 heavy (non-hydrogen) atoms. The minimum absolute atomic E-state index is 0.0451. The van der Waals surface area contributed by atoms with Gasteiger partial charge >= 0.3 is 0 Å². The number of methoxy groups -OCH3 is 3. The summed E-state index contributed by atoms with van der Waals surface area (Å²) in [5, 5.41) is 0. The van der Waals surface area contributed by atoms with Gasteiger partial charge in [-0.1, -0.05) is 12.8 Å². The molecular weight excluding hydrogens is 294 g/mol. The minimum Gasteiger partial charge on any atom is -0.493 e. The molecule has 0 spiro atoms. The predicted molar refractivity (Wildman–Crippen MR) is 90.2 cm³/mol. The number of hydrogen-bond acceptors (Lipinski definition) is 4. The zero-order valence-corrected chi connectivity index (χ0v) is 14.1. The molecule has 0 bridgehead atoms. The molecular formula is C18H25NO4. The summed E-state index contributed by atoms with van der Waals surface area (Å²) < 4.78 is 16.0. The zero-order chi connectivity index (χ0) is 16.7. The lowest BCUT2D eigenvalue weighted by Crippen LogP contribution is -2.30. The maximum atomic E-state index is 12.3. The second kappa shape index (κ2) is 8.46. The molecule has 1 aliphatic rings. The Hall–Kier alpha value is -2.17. The van der Waals surface area contributed by atoms with Crippen molar-refractivity contribution in [2.75, 3.05) is 34.4 Å². The third-order valence-corrected chi connectivity index (χ3v) is 4.06. The Bertz CT molecular complexity index is 560. The number of hydrogen-bond donors (Lipinski definition) is 0. The van der Waals surface area contributed by atoms with E-state index in [0.29, 0.717) is 17.2 Å². The van der Waals surface area contributed by atoms with Gasteiger partial charge in [0.25, 0.3) is 0 Å². The number of ether oxygens (including phenoxy) is 3. The average Bonchev–Trinajstić information content (AvgIpc) is 2.87. The van der Waals surface area contributed by atoms with Crippen LogP contribution in [0.3, 0.4) is 0 Å². The number of carbonyl (C=O) groups excluding carboxylic acids is 1. The molecule has 1 saturated heterocycles. The SMILES string of the molecule is COc1ccc(/C=C/C(=O)N2CCCCCC2)c(OC)c1OC. The van der Waals surface area contributed by atoms with Crippen molar-refractivity contribution in [2.45, 2.75) is 25.7 Å². The van der Waals surface area contributed by atoms with Crippen LogP contribution < -0.4 is 14.2 Å². The van der Waals surface area contributed by atoms with Crippen LogP contribution in [0, 0.1) is 0 Å². The third kappa shape index (κ3) is 4.18. The second-order valence-electron chi connectivity index (χ2n) is 5.50. The smallest absolute Gasteiger partial charge is 0.246 e. The highest BCUT2D eigenvalue weighted by molar-refractivity contribution is 5.92. The van der Waals surface area contributed by atoms with Gasteiger partial charge in [0.05, 0.1) is 21.3 Å². The topological polar surface area (TPSA) is 48.0 Å². The van der Waals surface area contributed by atoms with Crippen LogP contribution in [0.2, 0.25) is 0 Å². The van der Waals surface area contributed by atoms with Gasteiger partial charge in [-0.3, -0.25) is 4.79 Å². The summed E-state index contributed by atoms with van der Waals surface area (Å²) >= 11 is 0. The predicted octanol–water partition coefficient (Wildman–Crippen LogP) is 3.13. The number of likely N-dealkylation sites (tertiary alicyclic amines) is 1. The van der Waals surface area contributed by atoms with Gasteiger partial charge in [0.2, 0.25) is 11.7 Å². The van der Waals surface area contributed by atoms with Gasteiger partial charge in [-0.05, 0) is 31.1 Å². The van der Waals surface area contributed by atoms with Crippen LogP contribution in [0.5, 0.6) is 17.2 Å². The lowest BCUT2D eigenvalue weighted by molar-refractivity contribution is -0.125. The molecule has 126 valence electrons. The summed E-state index contributed by atoms with van der Waals surface area (Å²) in [6.45, 7) is 1.68. The maximum absolute atomic E-state index is 12.3. The summed E-state index contributed by atoms with van der Waals surface area (Å²) in [5.74, 6) is 1.73. The van der Waals surface area contributed by atoms with Crippen LogP contribution in [0.25, 0.3) is 6.08 Å². The fraction of sp³-hybridized carbons (Fsp3) is 0.500. The fourth-order valence-electron chi connectivity index (χ4n) is 2.81. The molecule has 0 aromatic heterocycles. The molecule has 5 heteroatoms. The molecule has 0 unspecified atom stereocenters. The Morgan fingerprint density at radius 2 is 1.61 bits per heavy atom. The van der Waals surface area contributed by atoms with E-state index in [-0.39, 0.29) is 5.91 Å². The molecule has 0 saturated carbocycles. The Morgan fingerprint density at radius 1 is 0.957 bits per heavy atom. The van der Waals surface area contributed by atoms with Gasteiger partial charge in [0.1, 0.15) is 0 Å². The summed E-state index contributed by atoms with van der Waals surface area (Å²) in [4.78, 5) is 14.3. The van der Waals surface area contributed by atoms with E-state index in [1.807, 2.05) is 11.0 Å². The number of amides is 1. The molecule has 5 nitrogen and oxygen atoms in total. The standard InChI is InChI=1S/C18H25NO4/c1-21-15-10-8-14(17(22-2)18(15)23-3)9-11-16(20)19-12-6-4-5-7-13-19/h8-11H,4-7,12-13H2,1-3H3/b11-9+. The fourth-order valence-corrected chi connectivity index (χ4v) is 2.81. The summed E-state index contributed by atoms with van der Waals surface area (Å²) in [6, 6.07) is 3.66. The van der Waals surface area contributed by atoms with Crippen molar-refractivity contribution in [3.05, 3.63) is 23.8 Å². The lowest BCUT2D eigenvalue weighted by atomic mass is 10.1. The first-order chi connectivity index (χ1) is 11.2. The van der Waals surface area contributed by atoms with Crippen molar-refractivity contribution in [1.29, 1.82) is 0 Å². The van der Waals surface area contributed by atoms with E-state index < -0.39 is 0 Å². The van der Waals surface area contributed by atoms with Crippen molar-refractivity contribution in [3.8, 4) is 17.2 Å². The van der Waals surface area contributed by atoms with E-state index in [2.05, 4.69) is 0 Å². The van der Waals surface area contributed by atoms with Gasteiger partial charge < -0.3 is 19.1 Å². The van der Waals surface area contributed by atoms with E-state index in [4.69, 9.17) is 14.2 Å². The first-order valence-electron chi connectivity index (χ1n) is 7.97. The molecule has 1 heterocycles. The molecule has 1 amide bonds. The first-order valence-corrected chi connectivity index (χ1v) is 7.97. The van der Waals surface area contributed by atoms with Crippen LogP contribution in [0.15, 0.2) is 18.2 Å². The van der Waals surface area contributed by atoms with E-state index in [0.717, 1.165) is 31.5 Å². The second-order valence-corrected chi connectivity index (χ2v) is 5.50. The lowest BCUT2D eigenvalue weighted by Gasteiger charge is -2.18. The number of benzene rings is 1. The molecule has 1 fully saturated rings. The normalized spacial score (nSPS) is 15.3. The minimum atomic E-state index is 0.0451. The van der Waals surface area contributed by atoms with Crippen molar-refractivity contribution < 1.29 is 19.0 Å². The molecule has 1 aromatic carbocycles. The van der Waals surface area contributed by atoms with E-state index in [9.17, 15) is 4.79 Å². The van der Waals surface area contributed by atoms with Gasteiger partial charge in [0, 0.05) is 24.7 Å². The summed E-state index contributed by atoms with van der Waals surface area (Å²) in [7, 11) is 4.72. The van der Waals surface area contributed by atoms with E-state index in [1.165, 1.54) is 12.8 Å². The number of carbonyl (C=O) groups is 1. The van der Waals surface area contributed by atoms with Crippen LogP contribution in [-0.4, -0.2) is 45.2 Å². The molecule has 0 N–H and O–H groups in total. The van der Waals surface area contributed by atoms with Crippen LogP contribution >= 0.6 is 0 Å². The molecule has 1 aromatic rings. The quantitative estimate of drug-likeness (QED) is 0.782. The highest BCUT2D eigenvalue weighted by Crippen LogP contribution is 2.40. The first kappa shape index (κ1) is 17.2. The monoisotopic (exact) mass is 319 g/mol. The Balaban J connectivity index is 2.19. The van der Waals surface area contributed by atoms with Crippen molar-refractivity contribution in [1.82, 2.24) is 4.90 Å². The summed E-state index contributed by atoms with van der Waals surface area (Å²) in [6.07, 6.45) is 7.95. The van der Waals surface area contributed by atoms with Gasteiger partial charge in [0.15, 0.2) is 11.5 Å². The molecule has 0 radical (unpaired) electrons. The van der Waals surface area contributed by atoms with Crippen LogP contribution in [0.1, 0.15) is 31.2 Å². The highest BCUT2D eigenvalue weighted by Gasteiger charge is 2.16. The molecule has 0 aliphatic carbocycles. The zero-order valence-electron chi connectivity index (χ0n) is 14.1. The van der Waals surface area contributed by atoms with Gasteiger partial charge in [-0.15, -0.1) is 0 Å². The Kier molecular flexibility index (Phi) is 6.32. The largest absolute Gasteiger partial charge is 0.493 e. The number of nitrogens with zero attached hydrogens (tertiary/aromatic N) is 1. The molecule has 2 rings (SSSR count). The van der Waals surface area contributed by atoms with Crippen molar-refractivity contribution in [2.24, 2.45) is 0 Å². The van der Waals surface area contributed by atoms with E-state index in [1.54, 1.807) is 39.5 Å². The molecule has 0 atom stereocenters. The third-order valence-electron chi connectivity index (χ3n) is 4.06. The maximum Gasteiger partial charge on any atom is 0.246 e. The highest BCUT2D eigenvalue weighted by atomic mass is 16.5. The summed E-state index contributed by atoms with van der Waals surface area (Å²) in [5.41, 5.74) is 0.785. The van der Waals surface area contributed by atoms with Gasteiger partial charge in [-0.2, -0.15) is 0 Å². The van der Waals surface area contributed by atoms with Crippen molar-refractivity contribution in [3.63, 3.8) is 0 Å². The number of rotatable bonds is 5. The van der Waals surface area contributed by atoms with Gasteiger partial charge in [-0.25, -0.2) is 0 Å². The van der Waals surface area contributed by atoms with Crippen molar-refractivity contribution >= 4 is 12.0 Å². The average molecular weight is 319 g/mol. The Labute approximate surface area is 137 Å².